The Morgan fingerprint density at radius 1 is 1.55 bits per heavy atom. The van der Waals surface area contributed by atoms with Gasteiger partial charge in [0, 0.05) is 0 Å². The van der Waals surface area contributed by atoms with Gasteiger partial charge in [0.15, 0.2) is 0 Å². The fraction of sp³-hybridized carbons (Fsp3) is 0.875. The third-order valence-corrected chi connectivity index (χ3v) is 2.29. The zero-order valence-corrected chi connectivity index (χ0v) is 9.06. The third-order valence-electron chi connectivity index (χ3n) is 1.18. The molecule has 0 amide bonds. The molecule has 0 atom stereocenters. The molecule has 0 aliphatic carbocycles. The predicted molar refractivity (Wildman–Crippen MR) is 56.1 cm³/mol. The Bertz CT molecular complexity index is 113. The van der Waals surface area contributed by atoms with Gasteiger partial charge >= 0.3 is 0 Å². The Labute approximate surface area is 78.9 Å². The molecule has 0 radical (unpaired) electrons. The van der Waals surface area contributed by atoms with E-state index in [1.165, 1.54) is 0 Å². The minimum atomic E-state index is 0.688. The molecule has 0 rings (SSSR count). The van der Waals surface area contributed by atoms with Crippen LogP contribution < -0.4 is 0 Å². The first-order valence-corrected chi connectivity index (χ1v) is 5.35. The first kappa shape index (κ1) is 11.2. The largest absolute Gasteiger partial charge is 0.479 e. The second kappa shape index (κ2) is 6.92. The van der Waals surface area contributed by atoms with Crippen molar-refractivity contribution < 1.29 is 4.74 Å². The molecule has 66 valence electrons. The quantitative estimate of drug-likeness (QED) is 0.634. The van der Waals surface area contributed by atoms with Gasteiger partial charge in [0.1, 0.15) is 0 Å². The highest BCUT2D eigenvalue weighted by Crippen LogP contribution is 2.06. The van der Waals surface area contributed by atoms with Gasteiger partial charge in [-0.05, 0) is 30.3 Å². The van der Waals surface area contributed by atoms with E-state index in [2.05, 4.69) is 20.8 Å². The van der Waals surface area contributed by atoms with E-state index in [1.807, 2.05) is 0 Å². The van der Waals surface area contributed by atoms with Crippen LogP contribution in [-0.4, -0.2) is 16.7 Å². The first-order valence-electron chi connectivity index (χ1n) is 3.96. The molecule has 1 nitrogen and oxygen atoms in total. The number of hydrogen-bond acceptors (Lipinski definition) is 3. The van der Waals surface area contributed by atoms with Gasteiger partial charge < -0.3 is 4.74 Å². The van der Waals surface area contributed by atoms with E-state index in [0.717, 1.165) is 18.8 Å². The number of thioether (sulfide) groups is 1. The fourth-order valence-electron chi connectivity index (χ4n) is 0.537. The van der Waals surface area contributed by atoms with Crippen molar-refractivity contribution in [1.29, 1.82) is 0 Å². The van der Waals surface area contributed by atoms with E-state index >= 15 is 0 Å². The summed E-state index contributed by atoms with van der Waals surface area (Å²) < 4.78 is 5.98. The molecule has 0 aromatic heterocycles. The molecule has 0 saturated heterocycles. The van der Waals surface area contributed by atoms with E-state index in [9.17, 15) is 0 Å². The maximum Gasteiger partial charge on any atom is 0.219 e. The normalized spacial score (nSPS) is 10.2. The van der Waals surface area contributed by atoms with Crippen molar-refractivity contribution in [3.05, 3.63) is 0 Å². The molecule has 0 heterocycles. The lowest BCUT2D eigenvalue weighted by Gasteiger charge is -2.06. The summed E-state index contributed by atoms with van der Waals surface area (Å²) in [7, 11) is 0. The topological polar surface area (TPSA) is 9.23 Å². The van der Waals surface area contributed by atoms with Crippen molar-refractivity contribution in [2.45, 2.75) is 27.2 Å². The number of rotatable bonds is 4. The van der Waals surface area contributed by atoms with Crippen molar-refractivity contribution in [3.8, 4) is 0 Å². The molecule has 0 N–H and O–H groups in total. The summed E-state index contributed by atoms with van der Waals surface area (Å²) >= 11 is 6.54. The van der Waals surface area contributed by atoms with E-state index in [-0.39, 0.29) is 0 Å². The molecule has 0 spiro atoms. The monoisotopic (exact) mass is 192 g/mol. The Balaban J connectivity index is 3.17. The van der Waals surface area contributed by atoms with Crippen LogP contribution >= 0.6 is 24.0 Å². The summed E-state index contributed by atoms with van der Waals surface area (Å²) in [6.45, 7) is 7.20. The van der Waals surface area contributed by atoms with Crippen LogP contribution in [0.3, 0.4) is 0 Å². The lowest BCUT2D eigenvalue weighted by Crippen LogP contribution is -2.02. The van der Waals surface area contributed by atoms with Crippen LogP contribution in [0.2, 0.25) is 0 Å². The van der Waals surface area contributed by atoms with Gasteiger partial charge in [0.05, 0.1) is 6.61 Å². The average molecular weight is 192 g/mol. The SMILES string of the molecule is CCSC(=S)OCCC(C)C. The average Bonchev–Trinajstić information content (AvgIpc) is 1.87. The summed E-state index contributed by atoms with van der Waals surface area (Å²) in [5.41, 5.74) is 0. The van der Waals surface area contributed by atoms with E-state index in [1.54, 1.807) is 11.8 Å². The van der Waals surface area contributed by atoms with E-state index < -0.39 is 0 Å². The summed E-state index contributed by atoms with van der Waals surface area (Å²) in [4.78, 5) is 0. The van der Waals surface area contributed by atoms with Gasteiger partial charge in [-0.2, -0.15) is 0 Å². The summed E-state index contributed by atoms with van der Waals surface area (Å²) in [5, 5.41) is 0. The summed E-state index contributed by atoms with van der Waals surface area (Å²) in [6.07, 6.45) is 1.09. The van der Waals surface area contributed by atoms with Crippen LogP contribution in [0, 0.1) is 5.92 Å². The van der Waals surface area contributed by atoms with Crippen LogP contribution in [0.5, 0.6) is 0 Å². The van der Waals surface area contributed by atoms with E-state index in [0.29, 0.717) is 10.3 Å². The molecule has 0 aliphatic heterocycles. The maximum atomic E-state index is 5.29. The molecular formula is C8H16OS2. The lowest BCUT2D eigenvalue weighted by atomic mass is 10.1. The predicted octanol–water partition coefficient (Wildman–Crippen LogP) is 3.09. The molecule has 0 aromatic rings. The fourth-order valence-corrected chi connectivity index (χ4v) is 1.38. The van der Waals surface area contributed by atoms with Crippen LogP contribution in [0.4, 0.5) is 0 Å². The minimum absolute atomic E-state index is 0.688. The van der Waals surface area contributed by atoms with Crippen LogP contribution in [0.25, 0.3) is 0 Å². The van der Waals surface area contributed by atoms with Crippen molar-refractivity contribution in [3.63, 3.8) is 0 Å². The Morgan fingerprint density at radius 3 is 2.64 bits per heavy atom. The molecule has 0 saturated carbocycles. The Hall–Kier alpha value is 0.240. The second-order valence-corrected chi connectivity index (χ2v) is 4.58. The number of hydrogen-bond donors (Lipinski definition) is 0. The molecule has 11 heavy (non-hydrogen) atoms. The lowest BCUT2D eigenvalue weighted by molar-refractivity contribution is 0.292. The highest BCUT2D eigenvalue weighted by atomic mass is 32.2. The van der Waals surface area contributed by atoms with Gasteiger partial charge in [-0.1, -0.05) is 32.5 Å². The second-order valence-electron chi connectivity index (χ2n) is 2.71. The Morgan fingerprint density at radius 2 is 2.18 bits per heavy atom. The molecule has 0 bridgehead atoms. The Kier molecular flexibility index (Phi) is 7.07. The summed E-state index contributed by atoms with van der Waals surface area (Å²) in [5.74, 6) is 1.70. The van der Waals surface area contributed by atoms with Gasteiger partial charge in [0.2, 0.25) is 4.38 Å². The van der Waals surface area contributed by atoms with Crippen molar-refractivity contribution in [2.24, 2.45) is 5.92 Å². The van der Waals surface area contributed by atoms with Gasteiger partial charge in [-0.15, -0.1) is 0 Å². The first-order chi connectivity index (χ1) is 5.16. The number of ether oxygens (including phenoxy) is 1. The highest BCUT2D eigenvalue weighted by Gasteiger charge is 1.97. The standard InChI is InChI=1S/C8H16OS2/c1-4-11-8(10)9-6-5-7(2)3/h7H,4-6H2,1-3H3. The molecule has 0 aromatic carbocycles. The van der Waals surface area contributed by atoms with Gasteiger partial charge in [-0.25, -0.2) is 0 Å². The van der Waals surface area contributed by atoms with Crippen molar-refractivity contribution >= 4 is 28.4 Å². The maximum absolute atomic E-state index is 5.29. The van der Waals surface area contributed by atoms with Crippen molar-refractivity contribution in [1.82, 2.24) is 0 Å². The minimum Gasteiger partial charge on any atom is -0.479 e. The summed E-state index contributed by atoms with van der Waals surface area (Å²) in [6, 6.07) is 0. The van der Waals surface area contributed by atoms with Crippen molar-refractivity contribution in [2.75, 3.05) is 12.4 Å². The third kappa shape index (κ3) is 8.14. The van der Waals surface area contributed by atoms with Crippen LogP contribution in [0.1, 0.15) is 27.2 Å². The molecule has 0 unspecified atom stereocenters. The zero-order valence-electron chi connectivity index (χ0n) is 7.42. The van der Waals surface area contributed by atoms with E-state index in [4.69, 9.17) is 17.0 Å². The zero-order chi connectivity index (χ0) is 8.69. The molecular weight excluding hydrogens is 176 g/mol. The molecule has 0 fully saturated rings. The molecule has 3 heteroatoms. The van der Waals surface area contributed by atoms with Gasteiger partial charge in [-0.3, -0.25) is 0 Å². The smallest absolute Gasteiger partial charge is 0.219 e. The van der Waals surface area contributed by atoms with Crippen LogP contribution in [0.15, 0.2) is 0 Å². The van der Waals surface area contributed by atoms with Crippen LogP contribution in [-0.2, 0) is 4.74 Å². The molecule has 0 aliphatic rings. The number of thiocarbonyl (C=S) groups is 1. The van der Waals surface area contributed by atoms with Gasteiger partial charge in [0.25, 0.3) is 0 Å². The highest BCUT2D eigenvalue weighted by molar-refractivity contribution is 8.22.